The monoisotopic (exact) mass is 295 g/mol. The number of rotatable bonds is 7. The summed E-state index contributed by atoms with van der Waals surface area (Å²) in [5.74, 6) is 0. The molecule has 2 rings (SSSR count). The van der Waals surface area contributed by atoms with Gasteiger partial charge in [0, 0.05) is 23.3 Å². The van der Waals surface area contributed by atoms with Crippen LogP contribution in [-0.2, 0) is 0 Å². The molecule has 0 spiro atoms. The number of halogens is 1. The Labute approximate surface area is 122 Å². The molecule has 0 fully saturated rings. The fourth-order valence-electron chi connectivity index (χ4n) is 1.78. The van der Waals surface area contributed by atoms with Gasteiger partial charge in [-0.05, 0) is 25.5 Å². The van der Waals surface area contributed by atoms with Crippen LogP contribution < -0.4 is 11.1 Å². The summed E-state index contributed by atoms with van der Waals surface area (Å²) in [7, 11) is 0. The van der Waals surface area contributed by atoms with Gasteiger partial charge in [-0.3, -0.25) is 0 Å². The maximum atomic E-state index is 6.18. The Morgan fingerprint density at radius 3 is 2.84 bits per heavy atom. The smallest absolute Gasteiger partial charge is 0.183 e. The van der Waals surface area contributed by atoms with E-state index in [4.69, 9.17) is 17.3 Å². The molecule has 0 unspecified atom stereocenters. The van der Waals surface area contributed by atoms with E-state index >= 15 is 0 Å². The first kappa shape index (κ1) is 14.3. The topological polar surface area (TPSA) is 50.9 Å². The van der Waals surface area contributed by atoms with Crippen LogP contribution >= 0.6 is 22.9 Å². The molecule has 1 aromatic heterocycles. The number of unbranched alkanes of at least 4 members (excludes halogenated alkanes) is 2. The molecule has 102 valence electrons. The van der Waals surface area contributed by atoms with E-state index in [2.05, 4.69) is 10.3 Å². The number of anilines is 1. The van der Waals surface area contributed by atoms with Crippen molar-refractivity contribution < 1.29 is 0 Å². The van der Waals surface area contributed by atoms with E-state index in [1.54, 1.807) is 11.3 Å². The van der Waals surface area contributed by atoms with Gasteiger partial charge in [-0.1, -0.05) is 47.6 Å². The van der Waals surface area contributed by atoms with Crippen LogP contribution in [0.4, 0.5) is 5.13 Å². The first-order chi connectivity index (χ1) is 9.31. The van der Waals surface area contributed by atoms with Gasteiger partial charge in [0.2, 0.25) is 0 Å². The molecule has 0 saturated carbocycles. The Kier molecular flexibility index (Phi) is 5.63. The van der Waals surface area contributed by atoms with Crippen LogP contribution in [0, 0.1) is 0 Å². The normalized spacial score (nSPS) is 10.6. The van der Waals surface area contributed by atoms with Crippen LogP contribution in [0.3, 0.4) is 0 Å². The Balaban J connectivity index is 1.91. The van der Waals surface area contributed by atoms with Crippen LogP contribution in [-0.4, -0.2) is 18.1 Å². The predicted octanol–water partition coefficient (Wildman–Crippen LogP) is 4.00. The second kappa shape index (κ2) is 7.48. The molecule has 0 saturated heterocycles. The highest BCUT2D eigenvalue weighted by molar-refractivity contribution is 7.18. The van der Waals surface area contributed by atoms with Crippen LogP contribution in [0.25, 0.3) is 10.4 Å². The minimum atomic E-state index is 0.764. The van der Waals surface area contributed by atoms with E-state index in [1.807, 2.05) is 30.5 Å². The minimum absolute atomic E-state index is 0.764. The molecular weight excluding hydrogens is 278 g/mol. The van der Waals surface area contributed by atoms with Gasteiger partial charge in [-0.25, -0.2) is 4.98 Å². The van der Waals surface area contributed by atoms with E-state index in [9.17, 15) is 0 Å². The van der Waals surface area contributed by atoms with Crippen molar-refractivity contribution in [3.05, 3.63) is 35.5 Å². The van der Waals surface area contributed by atoms with Crippen LogP contribution in [0.15, 0.2) is 30.5 Å². The Hall–Kier alpha value is -1.10. The van der Waals surface area contributed by atoms with Gasteiger partial charge >= 0.3 is 0 Å². The third-order valence-corrected chi connectivity index (χ3v) is 4.12. The molecule has 0 atom stereocenters. The van der Waals surface area contributed by atoms with E-state index < -0.39 is 0 Å². The van der Waals surface area contributed by atoms with Crippen molar-refractivity contribution in [3.63, 3.8) is 0 Å². The lowest BCUT2D eigenvalue weighted by atomic mass is 10.2. The van der Waals surface area contributed by atoms with Gasteiger partial charge in [0.25, 0.3) is 0 Å². The second-order valence-corrected chi connectivity index (χ2v) is 5.72. The fourth-order valence-corrected chi connectivity index (χ4v) is 2.96. The summed E-state index contributed by atoms with van der Waals surface area (Å²) in [5.41, 5.74) is 6.50. The molecule has 19 heavy (non-hydrogen) atoms. The molecular formula is C14H18ClN3S. The third-order valence-electron chi connectivity index (χ3n) is 2.80. The van der Waals surface area contributed by atoms with E-state index in [1.165, 1.54) is 0 Å². The van der Waals surface area contributed by atoms with Gasteiger partial charge in [0.1, 0.15) is 0 Å². The number of nitrogens with zero attached hydrogens (tertiary/aromatic N) is 1. The summed E-state index contributed by atoms with van der Waals surface area (Å²) in [5, 5.41) is 5.05. The number of hydrogen-bond donors (Lipinski definition) is 2. The van der Waals surface area contributed by atoms with Gasteiger partial charge in [-0.15, -0.1) is 0 Å². The van der Waals surface area contributed by atoms with Crippen molar-refractivity contribution in [2.45, 2.75) is 19.3 Å². The summed E-state index contributed by atoms with van der Waals surface area (Å²) < 4.78 is 0. The van der Waals surface area contributed by atoms with Crippen molar-refractivity contribution in [1.29, 1.82) is 0 Å². The average Bonchev–Trinajstić information content (AvgIpc) is 2.88. The first-order valence-electron chi connectivity index (χ1n) is 6.46. The SMILES string of the molecule is NCCCCCNc1ncc(-c2ccccc2Cl)s1. The largest absolute Gasteiger partial charge is 0.362 e. The average molecular weight is 296 g/mol. The van der Waals surface area contributed by atoms with Crippen LogP contribution in [0.1, 0.15) is 19.3 Å². The highest BCUT2D eigenvalue weighted by Gasteiger charge is 2.06. The zero-order chi connectivity index (χ0) is 13.5. The molecule has 0 bridgehead atoms. The first-order valence-corrected chi connectivity index (χ1v) is 7.65. The molecule has 0 aliphatic rings. The van der Waals surface area contributed by atoms with E-state index in [0.717, 1.165) is 52.9 Å². The van der Waals surface area contributed by atoms with Gasteiger partial charge in [-0.2, -0.15) is 0 Å². The fraction of sp³-hybridized carbons (Fsp3) is 0.357. The number of benzene rings is 1. The lowest BCUT2D eigenvalue weighted by Gasteiger charge is -2.01. The number of nitrogens with one attached hydrogen (secondary N) is 1. The Morgan fingerprint density at radius 1 is 1.21 bits per heavy atom. The molecule has 3 nitrogen and oxygen atoms in total. The van der Waals surface area contributed by atoms with Gasteiger partial charge in [0.15, 0.2) is 5.13 Å². The summed E-state index contributed by atoms with van der Waals surface area (Å²) >= 11 is 7.81. The molecule has 1 aromatic carbocycles. The molecule has 0 radical (unpaired) electrons. The minimum Gasteiger partial charge on any atom is -0.362 e. The quantitative estimate of drug-likeness (QED) is 0.759. The predicted molar refractivity (Wildman–Crippen MR) is 84.0 cm³/mol. The molecule has 0 aliphatic heterocycles. The van der Waals surface area contributed by atoms with Crippen molar-refractivity contribution in [2.24, 2.45) is 5.73 Å². The van der Waals surface area contributed by atoms with Gasteiger partial charge < -0.3 is 11.1 Å². The second-order valence-electron chi connectivity index (χ2n) is 4.29. The molecule has 0 aliphatic carbocycles. The molecule has 2 aromatic rings. The van der Waals surface area contributed by atoms with Crippen molar-refractivity contribution in [3.8, 4) is 10.4 Å². The summed E-state index contributed by atoms with van der Waals surface area (Å²) in [6, 6.07) is 7.84. The van der Waals surface area contributed by atoms with Crippen LogP contribution in [0.2, 0.25) is 5.02 Å². The lowest BCUT2D eigenvalue weighted by Crippen LogP contribution is -2.03. The summed E-state index contributed by atoms with van der Waals surface area (Å²) in [6.45, 7) is 1.71. The zero-order valence-electron chi connectivity index (χ0n) is 10.7. The highest BCUT2D eigenvalue weighted by Crippen LogP contribution is 2.33. The number of aromatic nitrogens is 1. The number of hydrogen-bond acceptors (Lipinski definition) is 4. The highest BCUT2D eigenvalue weighted by atomic mass is 35.5. The maximum Gasteiger partial charge on any atom is 0.183 e. The summed E-state index contributed by atoms with van der Waals surface area (Å²) in [4.78, 5) is 5.47. The zero-order valence-corrected chi connectivity index (χ0v) is 12.3. The summed E-state index contributed by atoms with van der Waals surface area (Å²) in [6.07, 6.45) is 5.24. The maximum absolute atomic E-state index is 6.18. The standard InChI is InChI=1S/C14H18ClN3S/c15-12-7-3-2-6-11(12)13-10-18-14(19-13)17-9-5-1-4-8-16/h2-3,6-7,10H,1,4-5,8-9,16H2,(H,17,18). The molecule has 0 amide bonds. The van der Waals surface area contributed by atoms with Gasteiger partial charge in [0.05, 0.1) is 4.88 Å². The van der Waals surface area contributed by atoms with Crippen molar-refractivity contribution in [2.75, 3.05) is 18.4 Å². The molecule has 1 heterocycles. The number of thiazole rings is 1. The van der Waals surface area contributed by atoms with E-state index in [-0.39, 0.29) is 0 Å². The molecule has 5 heteroatoms. The lowest BCUT2D eigenvalue weighted by molar-refractivity contribution is 0.707. The number of nitrogens with two attached hydrogens (primary N) is 1. The van der Waals surface area contributed by atoms with Crippen LogP contribution in [0.5, 0.6) is 0 Å². The third kappa shape index (κ3) is 4.20. The van der Waals surface area contributed by atoms with E-state index in [0.29, 0.717) is 0 Å². The Bertz CT molecular complexity index is 513. The van der Waals surface area contributed by atoms with Crippen molar-refractivity contribution >= 4 is 28.1 Å². The Morgan fingerprint density at radius 2 is 2.05 bits per heavy atom. The molecule has 3 N–H and O–H groups in total. The van der Waals surface area contributed by atoms with Crippen molar-refractivity contribution in [1.82, 2.24) is 4.98 Å².